The normalized spacial score (nSPS) is 20.2. The number of carbonyl (C=O) groups is 1. The van der Waals surface area contributed by atoms with Gasteiger partial charge in [-0.25, -0.2) is 4.79 Å². The summed E-state index contributed by atoms with van der Waals surface area (Å²) in [5, 5.41) is 9.48. The molecule has 1 amide bonds. The van der Waals surface area contributed by atoms with Crippen molar-refractivity contribution in [3.05, 3.63) is 28.8 Å². The zero-order valence-electron chi connectivity index (χ0n) is 16.3. The summed E-state index contributed by atoms with van der Waals surface area (Å²) in [4.78, 5) is 16.2. The number of amides is 1. The van der Waals surface area contributed by atoms with Crippen molar-refractivity contribution in [3.8, 4) is 6.07 Å². The zero-order chi connectivity index (χ0) is 19.5. The Balaban J connectivity index is 1.94. The van der Waals surface area contributed by atoms with Crippen molar-refractivity contribution in [2.45, 2.75) is 64.1 Å². The van der Waals surface area contributed by atoms with Gasteiger partial charge in [0.25, 0.3) is 0 Å². The molecule has 0 heterocycles. The molecule has 1 aromatic rings. The first-order valence-electron chi connectivity index (χ1n) is 9.00. The van der Waals surface area contributed by atoms with Crippen molar-refractivity contribution in [2.75, 3.05) is 19.0 Å². The third-order valence-electron chi connectivity index (χ3n) is 4.92. The molecule has 1 saturated carbocycles. The molecule has 26 heavy (non-hydrogen) atoms. The molecule has 6 heteroatoms. The SMILES string of the molecule is CN(C(=O)OC(C)(C)C)C1CCC(N(C)c2ccc(C#N)c(Cl)c2)CC1. The van der Waals surface area contributed by atoms with Gasteiger partial charge in [0.1, 0.15) is 11.7 Å². The van der Waals surface area contributed by atoms with Crippen LogP contribution in [0.15, 0.2) is 18.2 Å². The number of benzene rings is 1. The van der Waals surface area contributed by atoms with Crippen LogP contribution in [0.5, 0.6) is 0 Å². The van der Waals surface area contributed by atoms with Crippen LogP contribution in [0.1, 0.15) is 52.0 Å². The topological polar surface area (TPSA) is 56.6 Å². The van der Waals surface area contributed by atoms with Crippen LogP contribution in [0, 0.1) is 11.3 Å². The minimum absolute atomic E-state index is 0.207. The molecule has 0 spiro atoms. The fraction of sp³-hybridized carbons (Fsp3) is 0.600. The highest BCUT2D eigenvalue weighted by molar-refractivity contribution is 6.32. The fourth-order valence-corrected chi connectivity index (χ4v) is 3.56. The second-order valence-electron chi connectivity index (χ2n) is 7.94. The van der Waals surface area contributed by atoms with Crippen LogP contribution < -0.4 is 4.90 Å². The highest BCUT2D eigenvalue weighted by atomic mass is 35.5. The van der Waals surface area contributed by atoms with Crippen LogP contribution in [0.25, 0.3) is 0 Å². The average molecular weight is 378 g/mol. The van der Waals surface area contributed by atoms with Gasteiger partial charge in [-0.05, 0) is 64.7 Å². The second-order valence-corrected chi connectivity index (χ2v) is 8.35. The first-order chi connectivity index (χ1) is 12.1. The molecule has 0 aromatic heterocycles. The molecular weight excluding hydrogens is 350 g/mol. The Morgan fingerprint density at radius 2 is 1.77 bits per heavy atom. The lowest BCUT2D eigenvalue weighted by Crippen LogP contribution is -2.45. The van der Waals surface area contributed by atoms with Crippen molar-refractivity contribution >= 4 is 23.4 Å². The quantitative estimate of drug-likeness (QED) is 0.757. The van der Waals surface area contributed by atoms with E-state index in [0.717, 1.165) is 31.4 Å². The van der Waals surface area contributed by atoms with Gasteiger partial charge < -0.3 is 14.5 Å². The number of hydrogen-bond donors (Lipinski definition) is 0. The Bertz CT molecular complexity index is 685. The van der Waals surface area contributed by atoms with Crippen molar-refractivity contribution < 1.29 is 9.53 Å². The largest absolute Gasteiger partial charge is 0.444 e. The molecule has 2 rings (SSSR count). The van der Waals surface area contributed by atoms with Crippen molar-refractivity contribution in [1.82, 2.24) is 4.90 Å². The van der Waals surface area contributed by atoms with E-state index in [1.54, 1.807) is 11.0 Å². The minimum Gasteiger partial charge on any atom is -0.444 e. The summed E-state index contributed by atoms with van der Waals surface area (Å²) in [5.74, 6) is 0. The maximum Gasteiger partial charge on any atom is 0.410 e. The number of anilines is 1. The average Bonchev–Trinajstić information content (AvgIpc) is 2.59. The Hall–Kier alpha value is -1.93. The van der Waals surface area contributed by atoms with Crippen LogP contribution in [-0.2, 0) is 4.74 Å². The minimum atomic E-state index is -0.475. The van der Waals surface area contributed by atoms with Crippen LogP contribution in [0.3, 0.4) is 0 Å². The summed E-state index contributed by atoms with van der Waals surface area (Å²) in [6, 6.07) is 8.22. The number of halogens is 1. The molecule has 1 fully saturated rings. The standard InChI is InChI=1S/C20H28ClN3O2/c1-20(2,3)26-19(25)24(5)16-10-8-15(9-11-16)23(4)17-7-6-14(13-22)18(21)12-17/h6-7,12,15-16H,8-11H2,1-5H3. The van der Waals surface area contributed by atoms with E-state index in [4.69, 9.17) is 21.6 Å². The summed E-state index contributed by atoms with van der Waals surface area (Å²) in [7, 11) is 3.88. The van der Waals surface area contributed by atoms with Crippen LogP contribution in [-0.4, -0.2) is 42.8 Å². The predicted molar refractivity (Wildman–Crippen MR) is 105 cm³/mol. The Morgan fingerprint density at radius 1 is 1.19 bits per heavy atom. The second kappa shape index (κ2) is 8.18. The number of rotatable bonds is 3. The van der Waals surface area contributed by atoms with Gasteiger partial charge in [0, 0.05) is 31.9 Å². The molecular formula is C20H28ClN3O2. The lowest BCUT2D eigenvalue weighted by molar-refractivity contribution is 0.0183. The number of nitriles is 1. The van der Waals surface area contributed by atoms with E-state index in [-0.39, 0.29) is 12.1 Å². The molecule has 1 aliphatic carbocycles. The lowest BCUT2D eigenvalue weighted by atomic mass is 9.89. The van der Waals surface area contributed by atoms with E-state index in [2.05, 4.69) is 18.0 Å². The van der Waals surface area contributed by atoms with Crippen LogP contribution in [0.4, 0.5) is 10.5 Å². The van der Waals surface area contributed by atoms with Gasteiger partial charge >= 0.3 is 6.09 Å². The van der Waals surface area contributed by atoms with Gasteiger partial charge in [-0.15, -0.1) is 0 Å². The molecule has 0 atom stereocenters. The molecule has 142 valence electrons. The Labute approximate surface area is 161 Å². The van der Waals surface area contributed by atoms with Crippen molar-refractivity contribution in [2.24, 2.45) is 0 Å². The number of hydrogen-bond acceptors (Lipinski definition) is 4. The Morgan fingerprint density at radius 3 is 2.27 bits per heavy atom. The summed E-state index contributed by atoms with van der Waals surface area (Å²) in [5.41, 5.74) is 1.03. The predicted octanol–water partition coefficient (Wildman–Crippen LogP) is 4.83. The number of nitrogens with zero attached hydrogens (tertiary/aromatic N) is 3. The third-order valence-corrected chi connectivity index (χ3v) is 5.24. The maximum absolute atomic E-state index is 12.2. The molecule has 0 saturated heterocycles. The lowest BCUT2D eigenvalue weighted by Gasteiger charge is -2.39. The van der Waals surface area contributed by atoms with Gasteiger partial charge in [0.15, 0.2) is 0 Å². The van der Waals surface area contributed by atoms with E-state index in [1.165, 1.54) is 0 Å². The number of carbonyl (C=O) groups excluding carboxylic acids is 1. The van der Waals surface area contributed by atoms with Crippen molar-refractivity contribution in [3.63, 3.8) is 0 Å². The van der Waals surface area contributed by atoms with E-state index >= 15 is 0 Å². The molecule has 0 bridgehead atoms. The maximum atomic E-state index is 12.2. The molecule has 1 aromatic carbocycles. The molecule has 0 aliphatic heterocycles. The highest BCUT2D eigenvalue weighted by Gasteiger charge is 2.30. The van der Waals surface area contributed by atoms with Gasteiger partial charge in [0.05, 0.1) is 10.6 Å². The molecule has 0 unspecified atom stereocenters. The number of ether oxygens (including phenoxy) is 1. The smallest absolute Gasteiger partial charge is 0.410 e. The van der Waals surface area contributed by atoms with Gasteiger partial charge in [-0.3, -0.25) is 0 Å². The fourth-order valence-electron chi connectivity index (χ4n) is 3.34. The van der Waals surface area contributed by atoms with Crippen LogP contribution >= 0.6 is 11.6 Å². The Kier molecular flexibility index (Phi) is 6.41. The summed E-state index contributed by atoms with van der Waals surface area (Å²) in [6.07, 6.45) is 3.61. The summed E-state index contributed by atoms with van der Waals surface area (Å²) >= 11 is 6.16. The first-order valence-corrected chi connectivity index (χ1v) is 9.38. The molecule has 1 aliphatic rings. The summed E-state index contributed by atoms with van der Waals surface area (Å²) < 4.78 is 5.47. The first kappa shape index (κ1) is 20.4. The van der Waals surface area contributed by atoms with Crippen LogP contribution in [0.2, 0.25) is 5.02 Å². The summed E-state index contributed by atoms with van der Waals surface area (Å²) in [6.45, 7) is 5.65. The van der Waals surface area contributed by atoms with E-state index in [1.807, 2.05) is 40.0 Å². The van der Waals surface area contributed by atoms with E-state index in [9.17, 15) is 4.79 Å². The van der Waals surface area contributed by atoms with Gasteiger partial charge in [0.2, 0.25) is 0 Å². The zero-order valence-corrected chi connectivity index (χ0v) is 17.0. The third kappa shape index (κ3) is 5.04. The molecule has 0 N–H and O–H groups in total. The van der Waals surface area contributed by atoms with Crippen molar-refractivity contribution in [1.29, 1.82) is 5.26 Å². The van der Waals surface area contributed by atoms with E-state index in [0.29, 0.717) is 16.6 Å². The highest BCUT2D eigenvalue weighted by Crippen LogP contribution is 2.31. The molecule has 0 radical (unpaired) electrons. The monoisotopic (exact) mass is 377 g/mol. The van der Waals surface area contributed by atoms with E-state index < -0.39 is 5.60 Å². The van der Waals surface area contributed by atoms with Gasteiger partial charge in [-0.2, -0.15) is 5.26 Å². The van der Waals surface area contributed by atoms with Gasteiger partial charge in [-0.1, -0.05) is 11.6 Å². The molecule has 5 nitrogen and oxygen atoms in total.